The summed E-state index contributed by atoms with van der Waals surface area (Å²) in [5.41, 5.74) is 0.387. The molecule has 29 heavy (non-hydrogen) atoms. The van der Waals surface area contributed by atoms with E-state index in [1.165, 1.54) is 57.4 Å². The molecule has 0 N–H and O–H groups in total. The van der Waals surface area contributed by atoms with Crippen LogP contribution in [-0.4, -0.2) is 5.97 Å². The molecule has 2 nitrogen and oxygen atoms in total. The fraction of sp³-hybridized carbons (Fsp3) is 0.720. The summed E-state index contributed by atoms with van der Waals surface area (Å²) in [6.07, 6.45) is 14.5. The predicted molar refractivity (Wildman–Crippen MR) is 114 cm³/mol. The van der Waals surface area contributed by atoms with Crippen LogP contribution in [0.1, 0.15) is 103 Å². The maximum absolute atomic E-state index is 14.4. The highest BCUT2D eigenvalue weighted by atomic mass is 19.2. The van der Waals surface area contributed by atoms with Crippen molar-refractivity contribution in [3.05, 3.63) is 29.3 Å². The van der Waals surface area contributed by atoms with E-state index in [2.05, 4.69) is 6.92 Å². The van der Waals surface area contributed by atoms with Crippen molar-refractivity contribution >= 4 is 5.97 Å². The number of ether oxygens (including phenoxy) is 1. The van der Waals surface area contributed by atoms with Gasteiger partial charge in [0.1, 0.15) is 0 Å². The van der Waals surface area contributed by atoms with Crippen LogP contribution in [0.15, 0.2) is 12.1 Å². The van der Waals surface area contributed by atoms with Crippen LogP contribution in [0.3, 0.4) is 0 Å². The molecule has 0 amide bonds. The van der Waals surface area contributed by atoms with Crippen molar-refractivity contribution in [3.63, 3.8) is 0 Å². The maximum Gasteiger partial charge on any atom is 0.311 e. The lowest BCUT2D eigenvalue weighted by molar-refractivity contribution is -0.134. The second kappa shape index (κ2) is 13.0. The molecular formula is C25H38F2O2. The first-order valence-electron chi connectivity index (χ1n) is 11.7. The van der Waals surface area contributed by atoms with Crippen molar-refractivity contribution in [2.45, 2.75) is 104 Å². The van der Waals surface area contributed by atoms with Crippen LogP contribution in [-0.2, 0) is 11.2 Å². The van der Waals surface area contributed by atoms with Crippen molar-refractivity contribution in [1.82, 2.24) is 0 Å². The monoisotopic (exact) mass is 408 g/mol. The molecule has 1 fully saturated rings. The largest absolute Gasteiger partial charge is 0.423 e. The fourth-order valence-corrected chi connectivity index (χ4v) is 4.39. The molecule has 0 spiro atoms. The van der Waals surface area contributed by atoms with Gasteiger partial charge in [-0.3, -0.25) is 4.79 Å². The molecule has 0 radical (unpaired) electrons. The summed E-state index contributed by atoms with van der Waals surface area (Å²) in [5, 5.41) is 0. The Bertz CT molecular complexity index is 621. The summed E-state index contributed by atoms with van der Waals surface area (Å²) in [4.78, 5) is 11.8. The third-order valence-corrected chi connectivity index (χ3v) is 6.34. The van der Waals surface area contributed by atoms with Gasteiger partial charge < -0.3 is 4.74 Å². The van der Waals surface area contributed by atoms with E-state index in [9.17, 15) is 13.6 Å². The number of carbonyl (C=O) groups excluding carboxylic acids is 1. The summed E-state index contributed by atoms with van der Waals surface area (Å²) >= 11 is 0. The Balaban J connectivity index is 1.79. The first-order chi connectivity index (χ1) is 14.0. The standard InChI is InChI=1S/C25H38F2O2/c1-3-5-7-9-19-11-13-20(14-12-19)15-16-21-17-18-22(25(27)24(21)26)29-23(28)10-8-6-4-2/h17-20H,3-16H2,1-2H3/t19-,20-. The summed E-state index contributed by atoms with van der Waals surface area (Å²) in [6.45, 7) is 4.28. The molecule has 0 unspecified atom stereocenters. The van der Waals surface area contributed by atoms with E-state index in [0.717, 1.165) is 25.2 Å². The number of unbranched alkanes of at least 4 members (excludes halogenated alkanes) is 4. The van der Waals surface area contributed by atoms with Gasteiger partial charge in [0.05, 0.1) is 0 Å². The molecule has 2 rings (SSSR count). The van der Waals surface area contributed by atoms with E-state index in [0.29, 0.717) is 24.3 Å². The molecular weight excluding hydrogens is 370 g/mol. The van der Waals surface area contributed by atoms with Crippen molar-refractivity contribution < 1.29 is 18.3 Å². The minimum absolute atomic E-state index is 0.234. The SMILES string of the molecule is CCCCCC(=O)Oc1ccc(CC[C@H]2CC[C@H](CCCCC)CC2)c(F)c1F. The van der Waals surface area contributed by atoms with Gasteiger partial charge in [-0.2, -0.15) is 4.39 Å². The van der Waals surface area contributed by atoms with Crippen molar-refractivity contribution in [1.29, 1.82) is 0 Å². The molecule has 0 heterocycles. The van der Waals surface area contributed by atoms with Gasteiger partial charge >= 0.3 is 5.97 Å². The van der Waals surface area contributed by atoms with E-state index in [4.69, 9.17) is 4.74 Å². The zero-order chi connectivity index (χ0) is 21.1. The molecule has 1 aromatic rings. The topological polar surface area (TPSA) is 26.3 Å². The number of benzene rings is 1. The molecule has 1 aliphatic carbocycles. The Morgan fingerprint density at radius 2 is 1.52 bits per heavy atom. The Kier molecular flexibility index (Phi) is 10.7. The number of carbonyl (C=O) groups is 1. The van der Waals surface area contributed by atoms with Gasteiger partial charge in [-0.15, -0.1) is 0 Å². The van der Waals surface area contributed by atoms with E-state index in [-0.39, 0.29) is 12.2 Å². The Labute approximate surface area is 175 Å². The van der Waals surface area contributed by atoms with Crippen molar-refractivity contribution in [3.8, 4) is 5.75 Å². The Morgan fingerprint density at radius 3 is 2.17 bits per heavy atom. The van der Waals surface area contributed by atoms with Crippen LogP contribution in [0.4, 0.5) is 8.78 Å². The van der Waals surface area contributed by atoms with Crippen molar-refractivity contribution in [2.24, 2.45) is 11.8 Å². The van der Waals surface area contributed by atoms with E-state index >= 15 is 0 Å². The number of aryl methyl sites for hydroxylation is 1. The molecule has 1 saturated carbocycles. The van der Waals surface area contributed by atoms with Crippen LogP contribution in [0.25, 0.3) is 0 Å². The van der Waals surface area contributed by atoms with E-state index in [1.807, 2.05) is 6.92 Å². The molecule has 164 valence electrons. The number of esters is 1. The highest BCUT2D eigenvalue weighted by Gasteiger charge is 2.22. The van der Waals surface area contributed by atoms with Gasteiger partial charge in [0.15, 0.2) is 11.6 Å². The second-order valence-electron chi connectivity index (χ2n) is 8.70. The van der Waals surface area contributed by atoms with Crippen LogP contribution >= 0.6 is 0 Å². The fourth-order valence-electron chi connectivity index (χ4n) is 4.39. The molecule has 0 saturated heterocycles. The van der Waals surface area contributed by atoms with Crippen molar-refractivity contribution in [2.75, 3.05) is 0 Å². The van der Waals surface area contributed by atoms with Crippen LogP contribution in [0.2, 0.25) is 0 Å². The number of hydrogen-bond acceptors (Lipinski definition) is 2. The third kappa shape index (κ3) is 8.06. The highest BCUT2D eigenvalue weighted by Crippen LogP contribution is 2.35. The van der Waals surface area contributed by atoms with Gasteiger partial charge in [-0.1, -0.05) is 84.1 Å². The minimum Gasteiger partial charge on any atom is -0.423 e. The summed E-state index contributed by atoms with van der Waals surface area (Å²) in [6, 6.07) is 2.97. The first kappa shape index (κ1) is 23.8. The summed E-state index contributed by atoms with van der Waals surface area (Å²) in [5.74, 6) is -1.22. The van der Waals surface area contributed by atoms with Crippen LogP contribution in [0, 0.1) is 23.5 Å². The van der Waals surface area contributed by atoms with E-state index < -0.39 is 17.6 Å². The highest BCUT2D eigenvalue weighted by molar-refractivity contribution is 5.72. The third-order valence-electron chi connectivity index (χ3n) is 6.34. The van der Waals surface area contributed by atoms with Gasteiger partial charge in [-0.05, 0) is 42.7 Å². The molecule has 1 aliphatic rings. The number of hydrogen-bond donors (Lipinski definition) is 0. The lowest BCUT2D eigenvalue weighted by atomic mass is 9.78. The van der Waals surface area contributed by atoms with Crippen LogP contribution < -0.4 is 4.74 Å². The zero-order valence-corrected chi connectivity index (χ0v) is 18.3. The predicted octanol–water partition coefficient (Wildman–Crippen LogP) is 7.77. The molecule has 1 aromatic carbocycles. The lowest BCUT2D eigenvalue weighted by Crippen LogP contribution is -2.15. The van der Waals surface area contributed by atoms with Crippen LogP contribution in [0.5, 0.6) is 5.75 Å². The Hall–Kier alpha value is -1.45. The smallest absolute Gasteiger partial charge is 0.311 e. The lowest BCUT2D eigenvalue weighted by Gasteiger charge is -2.28. The van der Waals surface area contributed by atoms with Gasteiger partial charge in [0.2, 0.25) is 5.82 Å². The number of rotatable bonds is 12. The zero-order valence-electron chi connectivity index (χ0n) is 18.3. The molecule has 0 bridgehead atoms. The van der Waals surface area contributed by atoms with Gasteiger partial charge in [-0.25, -0.2) is 4.39 Å². The van der Waals surface area contributed by atoms with E-state index in [1.54, 1.807) is 6.07 Å². The minimum atomic E-state index is -1.04. The number of halogens is 2. The normalized spacial score (nSPS) is 19.3. The average Bonchev–Trinajstić information content (AvgIpc) is 2.72. The first-order valence-corrected chi connectivity index (χ1v) is 11.7. The molecule has 4 heteroatoms. The molecule has 0 aliphatic heterocycles. The molecule has 0 atom stereocenters. The quantitative estimate of drug-likeness (QED) is 0.201. The van der Waals surface area contributed by atoms with Gasteiger partial charge in [0, 0.05) is 6.42 Å². The van der Waals surface area contributed by atoms with Gasteiger partial charge in [0.25, 0.3) is 0 Å². The molecule has 0 aromatic heterocycles. The summed E-state index contributed by atoms with van der Waals surface area (Å²) in [7, 11) is 0. The second-order valence-corrected chi connectivity index (χ2v) is 8.70. The Morgan fingerprint density at radius 1 is 0.897 bits per heavy atom. The average molecular weight is 409 g/mol. The summed E-state index contributed by atoms with van der Waals surface area (Å²) < 4.78 is 33.8. The maximum atomic E-state index is 14.4.